The van der Waals surface area contributed by atoms with Gasteiger partial charge in [0.25, 0.3) is 0 Å². The predicted molar refractivity (Wildman–Crippen MR) is 66.6 cm³/mol. The van der Waals surface area contributed by atoms with E-state index in [1.807, 2.05) is 18.7 Å². The minimum absolute atomic E-state index is 0.141. The van der Waals surface area contributed by atoms with Gasteiger partial charge in [-0.2, -0.15) is 0 Å². The number of rotatable bonds is 3. The smallest absolute Gasteiger partial charge is 0.228 e. The minimum atomic E-state index is -0.141. The molecule has 1 heterocycles. The van der Waals surface area contributed by atoms with Gasteiger partial charge >= 0.3 is 0 Å². The van der Waals surface area contributed by atoms with Gasteiger partial charge in [0.05, 0.1) is 0 Å². The zero-order valence-electron chi connectivity index (χ0n) is 8.02. The van der Waals surface area contributed by atoms with Crippen molar-refractivity contribution >= 4 is 44.4 Å². The SMILES string of the molecule is CC1(C)CC(CI)N(CCBr)C1=O. The van der Waals surface area contributed by atoms with Gasteiger partial charge in [0.2, 0.25) is 5.91 Å². The van der Waals surface area contributed by atoms with E-state index < -0.39 is 0 Å². The number of likely N-dealkylation sites (tertiary alicyclic amines) is 1. The van der Waals surface area contributed by atoms with Gasteiger partial charge in [0.1, 0.15) is 0 Å². The summed E-state index contributed by atoms with van der Waals surface area (Å²) in [5, 5.41) is 0.877. The van der Waals surface area contributed by atoms with Crippen LogP contribution in [0.25, 0.3) is 0 Å². The number of halogens is 2. The van der Waals surface area contributed by atoms with E-state index in [0.717, 1.165) is 22.7 Å². The van der Waals surface area contributed by atoms with Crippen molar-refractivity contribution in [2.75, 3.05) is 16.3 Å². The molecule has 0 saturated carbocycles. The monoisotopic (exact) mass is 359 g/mol. The van der Waals surface area contributed by atoms with Crippen LogP contribution in [0.2, 0.25) is 0 Å². The number of carbonyl (C=O) groups excluding carboxylic acids is 1. The maximum absolute atomic E-state index is 11.9. The average Bonchev–Trinajstić information content (AvgIpc) is 2.29. The molecule has 1 aliphatic rings. The Balaban J connectivity index is 2.74. The highest BCUT2D eigenvalue weighted by molar-refractivity contribution is 14.1. The van der Waals surface area contributed by atoms with Crippen molar-refractivity contribution in [3.05, 3.63) is 0 Å². The minimum Gasteiger partial charge on any atom is -0.338 e. The molecule has 0 aromatic rings. The summed E-state index contributed by atoms with van der Waals surface area (Å²) < 4.78 is 1.04. The first-order chi connectivity index (χ1) is 6.03. The van der Waals surface area contributed by atoms with E-state index in [1.54, 1.807) is 0 Å². The molecular weight excluding hydrogens is 345 g/mol. The van der Waals surface area contributed by atoms with Crippen molar-refractivity contribution in [1.29, 1.82) is 0 Å². The molecule has 0 N–H and O–H groups in total. The first-order valence-corrected chi connectivity index (χ1v) is 7.10. The van der Waals surface area contributed by atoms with Gasteiger partial charge in [0.15, 0.2) is 0 Å². The Morgan fingerprint density at radius 1 is 1.69 bits per heavy atom. The molecule has 1 aliphatic heterocycles. The number of hydrogen-bond donors (Lipinski definition) is 0. The van der Waals surface area contributed by atoms with Gasteiger partial charge in [-0.1, -0.05) is 52.4 Å². The molecule has 1 unspecified atom stereocenters. The lowest BCUT2D eigenvalue weighted by Gasteiger charge is -2.22. The van der Waals surface area contributed by atoms with Crippen LogP contribution in [0.5, 0.6) is 0 Å². The highest BCUT2D eigenvalue weighted by Gasteiger charge is 2.43. The summed E-state index contributed by atoms with van der Waals surface area (Å²) in [4.78, 5) is 13.9. The Morgan fingerprint density at radius 3 is 2.77 bits per heavy atom. The second-order valence-corrected chi connectivity index (χ2v) is 5.76. The molecule has 0 radical (unpaired) electrons. The highest BCUT2D eigenvalue weighted by Crippen LogP contribution is 2.35. The zero-order valence-corrected chi connectivity index (χ0v) is 11.8. The summed E-state index contributed by atoms with van der Waals surface area (Å²) in [5.74, 6) is 0.314. The molecule has 0 spiro atoms. The lowest BCUT2D eigenvalue weighted by Crippen LogP contribution is -2.37. The number of amides is 1. The van der Waals surface area contributed by atoms with Crippen molar-refractivity contribution < 1.29 is 4.79 Å². The van der Waals surface area contributed by atoms with E-state index in [-0.39, 0.29) is 5.41 Å². The number of alkyl halides is 2. The van der Waals surface area contributed by atoms with E-state index in [4.69, 9.17) is 0 Å². The normalized spacial score (nSPS) is 26.9. The topological polar surface area (TPSA) is 20.3 Å². The fraction of sp³-hybridized carbons (Fsp3) is 0.889. The van der Waals surface area contributed by atoms with Crippen LogP contribution in [0.1, 0.15) is 20.3 Å². The maximum atomic E-state index is 11.9. The van der Waals surface area contributed by atoms with Crippen molar-refractivity contribution in [2.45, 2.75) is 26.3 Å². The van der Waals surface area contributed by atoms with Gasteiger partial charge in [-0.25, -0.2) is 0 Å². The Labute approximate surface area is 102 Å². The zero-order chi connectivity index (χ0) is 10.1. The van der Waals surface area contributed by atoms with E-state index in [1.165, 1.54) is 0 Å². The van der Waals surface area contributed by atoms with Crippen LogP contribution >= 0.6 is 38.5 Å². The van der Waals surface area contributed by atoms with E-state index in [2.05, 4.69) is 38.5 Å². The van der Waals surface area contributed by atoms with Gasteiger partial charge in [-0.3, -0.25) is 4.79 Å². The van der Waals surface area contributed by atoms with Crippen LogP contribution in [0.4, 0.5) is 0 Å². The van der Waals surface area contributed by atoms with Crippen LogP contribution in [0, 0.1) is 5.41 Å². The third-order valence-corrected chi connectivity index (χ3v) is 3.90. The number of carbonyl (C=O) groups is 1. The van der Waals surface area contributed by atoms with E-state index in [9.17, 15) is 4.79 Å². The molecule has 1 saturated heterocycles. The van der Waals surface area contributed by atoms with Crippen LogP contribution in [0.3, 0.4) is 0 Å². The van der Waals surface area contributed by atoms with Crippen LogP contribution in [0.15, 0.2) is 0 Å². The number of nitrogens with zero attached hydrogens (tertiary/aromatic N) is 1. The summed E-state index contributed by atoms with van der Waals surface area (Å²) in [5.41, 5.74) is -0.141. The second kappa shape index (κ2) is 4.47. The average molecular weight is 360 g/mol. The Morgan fingerprint density at radius 2 is 2.31 bits per heavy atom. The van der Waals surface area contributed by atoms with Gasteiger partial charge in [-0.05, 0) is 6.42 Å². The van der Waals surface area contributed by atoms with Crippen LogP contribution in [-0.4, -0.2) is 33.2 Å². The molecule has 1 amide bonds. The lowest BCUT2D eigenvalue weighted by atomic mass is 9.90. The van der Waals surface area contributed by atoms with Crippen LogP contribution < -0.4 is 0 Å². The summed E-state index contributed by atoms with van der Waals surface area (Å²) in [6.07, 6.45) is 1.00. The molecule has 1 rings (SSSR count). The molecule has 13 heavy (non-hydrogen) atoms. The molecule has 2 nitrogen and oxygen atoms in total. The highest BCUT2D eigenvalue weighted by atomic mass is 127. The fourth-order valence-electron chi connectivity index (χ4n) is 1.85. The maximum Gasteiger partial charge on any atom is 0.228 e. The Bertz CT molecular complexity index is 208. The Kier molecular flexibility index (Phi) is 4.04. The molecule has 0 aliphatic carbocycles. The summed E-state index contributed by atoms with van der Waals surface area (Å²) in [7, 11) is 0. The predicted octanol–water partition coefficient (Wildman–Crippen LogP) is 2.44. The third-order valence-electron chi connectivity index (χ3n) is 2.53. The molecular formula is C9H15BrINO. The fourth-order valence-corrected chi connectivity index (χ4v) is 3.02. The summed E-state index contributed by atoms with van der Waals surface area (Å²) in [6.45, 7) is 4.93. The Hall–Kier alpha value is 0.680. The van der Waals surface area contributed by atoms with Crippen LogP contribution in [-0.2, 0) is 4.79 Å². The molecule has 1 fully saturated rings. The van der Waals surface area contributed by atoms with Crippen molar-refractivity contribution in [3.63, 3.8) is 0 Å². The van der Waals surface area contributed by atoms with Gasteiger partial charge < -0.3 is 4.90 Å². The quantitative estimate of drug-likeness (QED) is 0.560. The summed E-state index contributed by atoms with van der Waals surface area (Å²) in [6, 6.07) is 0.445. The van der Waals surface area contributed by atoms with Crippen molar-refractivity contribution in [2.24, 2.45) is 5.41 Å². The standard InChI is InChI=1S/C9H15BrINO/c1-9(2)5-7(6-11)12(4-3-10)8(9)13/h7H,3-6H2,1-2H3. The van der Waals surface area contributed by atoms with Gasteiger partial charge in [-0.15, -0.1) is 0 Å². The van der Waals surface area contributed by atoms with E-state index >= 15 is 0 Å². The summed E-state index contributed by atoms with van der Waals surface area (Å²) >= 11 is 5.75. The first-order valence-electron chi connectivity index (χ1n) is 4.46. The molecule has 4 heteroatoms. The van der Waals surface area contributed by atoms with E-state index in [0.29, 0.717) is 11.9 Å². The molecule has 0 bridgehead atoms. The lowest BCUT2D eigenvalue weighted by molar-refractivity contribution is -0.134. The third kappa shape index (κ3) is 2.37. The molecule has 76 valence electrons. The molecule has 0 aromatic heterocycles. The van der Waals surface area contributed by atoms with Crippen molar-refractivity contribution in [1.82, 2.24) is 4.90 Å². The largest absolute Gasteiger partial charge is 0.338 e. The van der Waals surface area contributed by atoms with Gasteiger partial charge in [0, 0.05) is 27.8 Å². The molecule has 0 aromatic carbocycles. The first kappa shape index (κ1) is 11.8. The van der Waals surface area contributed by atoms with Crippen molar-refractivity contribution in [3.8, 4) is 0 Å². The number of hydrogen-bond acceptors (Lipinski definition) is 1. The molecule has 1 atom stereocenters. The second-order valence-electron chi connectivity index (χ2n) is 4.08.